The Balaban J connectivity index is 2.21. The van der Waals surface area contributed by atoms with Crippen molar-refractivity contribution < 1.29 is 13.9 Å². The highest BCUT2D eigenvalue weighted by atomic mass is 79.9. The lowest BCUT2D eigenvalue weighted by atomic mass is 10.1. The molecule has 0 aromatic heterocycles. The van der Waals surface area contributed by atoms with Crippen LogP contribution in [0.3, 0.4) is 0 Å². The minimum absolute atomic E-state index is 0.285. The predicted octanol–water partition coefficient (Wildman–Crippen LogP) is 4.71. The number of thioether (sulfide) groups is 1. The van der Waals surface area contributed by atoms with Crippen molar-refractivity contribution in [2.45, 2.75) is 5.75 Å². The summed E-state index contributed by atoms with van der Waals surface area (Å²) in [6.07, 6.45) is 2.02. The average Bonchev–Trinajstić information content (AvgIpc) is 2.48. The van der Waals surface area contributed by atoms with Gasteiger partial charge in [0.2, 0.25) is 0 Å². The molecular weight excluding hydrogens is 369 g/mol. The molecule has 116 valence electrons. The topological polar surface area (TPSA) is 38.3 Å². The molecule has 0 saturated carbocycles. The molecular formula is C16H15BrFNO2S. The summed E-state index contributed by atoms with van der Waals surface area (Å²) in [6, 6.07) is 9.83. The molecule has 0 fully saturated rings. The first-order chi connectivity index (χ1) is 10.5. The van der Waals surface area contributed by atoms with E-state index in [1.807, 2.05) is 18.4 Å². The van der Waals surface area contributed by atoms with E-state index < -0.39 is 5.82 Å². The summed E-state index contributed by atoms with van der Waals surface area (Å²) in [5, 5.41) is 2.67. The van der Waals surface area contributed by atoms with Gasteiger partial charge < -0.3 is 10.1 Å². The van der Waals surface area contributed by atoms with E-state index in [1.165, 1.54) is 19.2 Å². The van der Waals surface area contributed by atoms with E-state index in [9.17, 15) is 9.18 Å². The van der Waals surface area contributed by atoms with Crippen LogP contribution in [0.15, 0.2) is 40.9 Å². The maximum atomic E-state index is 13.5. The van der Waals surface area contributed by atoms with E-state index in [0.29, 0.717) is 15.8 Å². The third-order valence-electron chi connectivity index (χ3n) is 2.99. The zero-order valence-electron chi connectivity index (χ0n) is 12.2. The van der Waals surface area contributed by atoms with Crippen LogP contribution in [-0.2, 0) is 5.75 Å². The number of benzene rings is 2. The highest BCUT2D eigenvalue weighted by Gasteiger charge is 2.14. The van der Waals surface area contributed by atoms with Crippen molar-refractivity contribution in [2.24, 2.45) is 0 Å². The summed E-state index contributed by atoms with van der Waals surface area (Å²) in [7, 11) is 1.46. The number of hydrogen-bond donors (Lipinski definition) is 1. The molecule has 1 amide bonds. The maximum Gasteiger partial charge on any atom is 0.255 e. The predicted molar refractivity (Wildman–Crippen MR) is 92.3 cm³/mol. The summed E-state index contributed by atoms with van der Waals surface area (Å²) in [5.74, 6) is 0.505. The standard InChI is InChI=1S/C16H15BrFNO2S/c1-21-15-13(17)7-12(18)8-14(15)19-16(20)11-5-3-10(4-6-11)9-22-2/h3-8H,9H2,1-2H3,(H,19,20). The zero-order chi connectivity index (χ0) is 16.1. The van der Waals surface area contributed by atoms with Gasteiger partial charge >= 0.3 is 0 Å². The van der Waals surface area contributed by atoms with E-state index in [1.54, 1.807) is 23.9 Å². The second kappa shape index (κ2) is 7.65. The minimum Gasteiger partial charge on any atom is -0.493 e. The summed E-state index contributed by atoms with van der Waals surface area (Å²) < 4.78 is 19.1. The SMILES string of the molecule is COc1c(Br)cc(F)cc1NC(=O)c1ccc(CSC)cc1. The van der Waals surface area contributed by atoms with Gasteiger partial charge in [0.05, 0.1) is 17.3 Å². The highest BCUT2D eigenvalue weighted by Crippen LogP contribution is 2.34. The molecule has 2 rings (SSSR count). The Morgan fingerprint density at radius 2 is 2.00 bits per heavy atom. The number of nitrogens with one attached hydrogen (secondary N) is 1. The molecule has 22 heavy (non-hydrogen) atoms. The summed E-state index contributed by atoms with van der Waals surface area (Å²) in [4.78, 5) is 12.3. The maximum absolute atomic E-state index is 13.5. The molecule has 0 aliphatic heterocycles. The number of anilines is 1. The third kappa shape index (κ3) is 4.01. The molecule has 2 aromatic rings. The molecule has 3 nitrogen and oxygen atoms in total. The fourth-order valence-corrected chi connectivity index (χ4v) is 3.09. The van der Waals surface area contributed by atoms with Crippen molar-refractivity contribution in [1.82, 2.24) is 0 Å². The Morgan fingerprint density at radius 1 is 1.32 bits per heavy atom. The molecule has 0 spiro atoms. The monoisotopic (exact) mass is 383 g/mol. The Hall–Kier alpha value is -1.53. The second-order valence-corrected chi connectivity index (χ2v) is 6.27. The van der Waals surface area contributed by atoms with Gasteiger partial charge in [0.1, 0.15) is 5.82 Å². The lowest BCUT2D eigenvalue weighted by Gasteiger charge is -2.12. The number of methoxy groups -OCH3 is 1. The molecule has 0 heterocycles. The Bertz CT molecular complexity index is 677. The third-order valence-corrected chi connectivity index (χ3v) is 4.20. The first-order valence-corrected chi connectivity index (χ1v) is 8.66. The van der Waals surface area contributed by atoms with Crippen molar-refractivity contribution in [2.75, 3.05) is 18.7 Å². The molecule has 0 bridgehead atoms. The Morgan fingerprint density at radius 3 is 2.59 bits per heavy atom. The molecule has 1 N–H and O–H groups in total. The van der Waals surface area contributed by atoms with Gasteiger partial charge in [-0.2, -0.15) is 11.8 Å². The van der Waals surface area contributed by atoms with Crippen LogP contribution in [0, 0.1) is 5.82 Å². The summed E-state index contributed by atoms with van der Waals surface area (Å²) in [6.45, 7) is 0. The fourth-order valence-electron chi connectivity index (χ4n) is 1.97. The average molecular weight is 384 g/mol. The van der Waals surface area contributed by atoms with Crippen molar-refractivity contribution in [3.05, 3.63) is 57.8 Å². The Kier molecular flexibility index (Phi) is 5.85. The van der Waals surface area contributed by atoms with Crippen LogP contribution in [0.5, 0.6) is 5.75 Å². The summed E-state index contributed by atoms with van der Waals surface area (Å²) >= 11 is 4.93. The number of carbonyl (C=O) groups excluding carboxylic acids is 1. The quantitative estimate of drug-likeness (QED) is 0.811. The van der Waals surface area contributed by atoms with Crippen LogP contribution in [0.2, 0.25) is 0 Å². The van der Waals surface area contributed by atoms with Gasteiger partial charge in [-0.1, -0.05) is 12.1 Å². The van der Waals surface area contributed by atoms with Crippen molar-refractivity contribution >= 4 is 39.3 Å². The van der Waals surface area contributed by atoms with Crippen molar-refractivity contribution in [3.8, 4) is 5.75 Å². The van der Waals surface area contributed by atoms with E-state index in [0.717, 1.165) is 11.3 Å². The van der Waals surface area contributed by atoms with Crippen LogP contribution in [0.4, 0.5) is 10.1 Å². The number of halogens is 2. The van der Waals surface area contributed by atoms with Gasteiger partial charge in [0, 0.05) is 17.4 Å². The minimum atomic E-state index is -0.460. The number of rotatable bonds is 5. The lowest BCUT2D eigenvalue weighted by molar-refractivity contribution is 0.102. The van der Waals surface area contributed by atoms with Crippen molar-refractivity contribution in [1.29, 1.82) is 0 Å². The van der Waals surface area contributed by atoms with Gasteiger partial charge in [-0.25, -0.2) is 4.39 Å². The van der Waals surface area contributed by atoms with Crippen LogP contribution in [-0.4, -0.2) is 19.3 Å². The molecule has 0 saturated heterocycles. The lowest BCUT2D eigenvalue weighted by Crippen LogP contribution is -2.13. The van der Waals surface area contributed by atoms with Crippen LogP contribution in [0.1, 0.15) is 15.9 Å². The first-order valence-electron chi connectivity index (χ1n) is 6.47. The molecule has 2 aromatic carbocycles. The Labute approximate surface area is 141 Å². The number of amides is 1. The van der Waals surface area contributed by atoms with Crippen LogP contribution < -0.4 is 10.1 Å². The van der Waals surface area contributed by atoms with Gasteiger partial charge in [0.15, 0.2) is 5.75 Å². The van der Waals surface area contributed by atoms with Gasteiger partial charge in [-0.3, -0.25) is 4.79 Å². The number of ether oxygens (including phenoxy) is 1. The molecule has 0 radical (unpaired) electrons. The fraction of sp³-hybridized carbons (Fsp3) is 0.188. The number of carbonyl (C=O) groups is 1. The zero-order valence-corrected chi connectivity index (χ0v) is 14.6. The molecule has 0 atom stereocenters. The second-order valence-electron chi connectivity index (χ2n) is 4.55. The van der Waals surface area contributed by atoms with Crippen LogP contribution in [0.25, 0.3) is 0 Å². The van der Waals surface area contributed by atoms with E-state index in [4.69, 9.17) is 4.74 Å². The van der Waals surface area contributed by atoms with E-state index >= 15 is 0 Å². The van der Waals surface area contributed by atoms with Gasteiger partial charge in [0.25, 0.3) is 5.91 Å². The first kappa shape index (κ1) is 16.8. The smallest absolute Gasteiger partial charge is 0.255 e. The number of hydrogen-bond acceptors (Lipinski definition) is 3. The van der Waals surface area contributed by atoms with E-state index in [2.05, 4.69) is 21.2 Å². The molecule has 0 unspecified atom stereocenters. The van der Waals surface area contributed by atoms with Gasteiger partial charge in [-0.15, -0.1) is 0 Å². The molecule has 0 aliphatic carbocycles. The van der Waals surface area contributed by atoms with Crippen LogP contribution >= 0.6 is 27.7 Å². The molecule has 6 heteroatoms. The highest BCUT2D eigenvalue weighted by molar-refractivity contribution is 9.10. The van der Waals surface area contributed by atoms with Crippen molar-refractivity contribution in [3.63, 3.8) is 0 Å². The van der Waals surface area contributed by atoms with Gasteiger partial charge in [-0.05, 0) is 45.9 Å². The normalized spacial score (nSPS) is 10.4. The van der Waals surface area contributed by atoms with E-state index in [-0.39, 0.29) is 11.6 Å². The molecule has 0 aliphatic rings. The largest absolute Gasteiger partial charge is 0.493 e. The summed E-state index contributed by atoms with van der Waals surface area (Å²) in [5.41, 5.74) is 1.94.